The largest absolute Gasteiger partial charge is 0.393 e. The Morgan fingerprint density at radius 3 is 2.82 bits per heavy atom. The Kier molecular flexibility index (Phi) is 4.45. The number of nitrogens with two attached hydrogens (primary N) is 1. The van der Waals surface area contributed by atoms with E-state index in [0.29, 0.717) is 17.3 Å². The highest BCUT2D eigenvalue weighted by atomic mass is 32.1. The zero-order chi connectivity index (χ0) is 15.2. The smallest absolute Gasteiger partial charge is 0.159 e. The van der Waals surface area contributed by atoms with Crippen LogP contribution >= 0.6 is 11.3 Å². The standard InChI is InChI=1S/C15H16N6S/c16-13-14(18-7-5-12-4-2-8-22-12)19-10-20-15(13)21-11-3-1-6-17-9-11/h1-4,6,8-10H,5,7,16H2,(H2,18,19,20,21). The van der Waals surface area contributed by atoms with Crippen molar-refractivity contribution >= 4 is 34.3 Å². The quantitative estimate of drug-likeness (QED) is 0.648. The van der Waals surface area contributed by atoms with Gasteiger partial charge in [0.25, 0.3) is 0 Å². The third-order valence-corrected chi connectivity index (χ3v) is 3.99. The van der Waals surface area contributed by atoms with Gasteiger partial charge in [-0.25, -0.2) is 9.97 Å². The van der Waals surface area contributed by atoms with Crippen LogP contribution in [0.25, 0.3) is 0 Å². The lowest BCUT2D eigenvalue weighted by atomic mass is 10.3. The fourth-order valence-corrected chi connectivity index (χ4v) is 2.68. The van der Waals surface area contributed by atoms with E-state index >= 15 is 0 Å². The van der Waals surface area contributed by atoms with Crippen LogP contribution in [0.1, 0.15) is 4.88 Å². The zero-order valence-electron chi connectivity index (χ0n) is 11.9. The molecule has 0 aliphatic carbocycles. The Morgan fingerprint density at radius 1 is 1.14 bits per heavy atom. The lowest BCUT2D eigenvalue weighted by Crippen LogP contribution is -2.10. The number of rotatable bonds is 6. The lowest BCUT2D eigenvalue weighted by molar-refractivity contribution is 1.02. The van der Waals surface area contributed by atoms with Gasteiger partial charge in [0.1, 0.15) is 12.0 Å². The molecule has 112 valence electrons. The molecule has 0 saturated carbocycles. The van der Waals surface area contributed by atoms with E-state index in [1.807, 2.05) is 12.1 Å². The molecule has 6 nitrogen and oxygen atoms in total. The molecule has 0 radical (unpaired) electrons. The van der Waals surface area contributed by atoms with Gasteiger partial charge in [-0.1, -0.05) is 6.07 Å². The number of nitrogen functional groups attached to an aromatic ring is 1. The molecule has 3 aromatic heterocycles. The van der Waals surface area contributed by atoms with Gasteiger partial charge in [0, 0.05) is 17.6 Å². The van der Waals surface area contributed by atoms with Crippen molar-refractivity contribution in [3.63, 3.8) is 0 Å². The van der Waals surface area contributed by atoms with Gasteiger partial charge < -0.3 is 16.4 Å². The van der Waals surface area contributed by atoms with Gasteiger partial charge in [0.2, 0.25) is 0 Å². The summed E-state index contributed by atoms with van der Waals surface area (Å²) in [4.78, 5) is 13.8. The normalized spacial score (nSPS) is 10.4. The summed E-state index contributed by atoms with van der Waals surface area (Å²) in [5.74, 6) is 1.21. The van der Waals surface area contributed by atoms with Gasteiger partial charge in [-0.2, -0.15) is 0 Å². The maximum absolute atomic E-state index is 6.12. The molecular weight excluding hydrogens is 296 g/mol. The van der Waals surface area contributed by atoms with Crippen molar-refractivity contribution in [1.29, 1.82) is 0 Å². The van der Waals surface area contributed by atoms with Crippen LogP contribution in [0.5, 0.6) is 0 Å². The van der Waals surface area contributed by atoms with Gasteiger partial charge in [-0.3, -0.25) is 4.98 Å². The average Bonchev–Trinajstić information content (AvgIpc) is 3.05. The number of pyridine rings is 1. The van der Waals surface area contributed by atoms with Crippen LogP contribution in [0.4, 0.5) is 23.0 Å². The molecule has 3 aromatic rings. The Hall–Kier alpha value is -2.67. The fourth-order valence-electron chi connectivity index (χ4n) is 1.97. The lowest BCUT2D eigenvalue weighted by Gasteiger charge is -2.12. The number of hydrogen-bond donors (Lipinski definition) is 3. The van der Waals surface area contributed by atoms with Crippen LogP contribution in [0, 0.1) is 0 Å². The molecule has 0 amide bonds. The van der Waals surface area contributed by atoms with Gasteiger partial charge in [0.05, 0.1) is 11.9 Å². The predicted octanol–water partition coefficient (Wildman–Crippen LogP) is 2.91. The predicted molar refractivity (Wildman–Crippen MR) is 90.5 cm³/mol. The first-order valence-corrected chi connectivity index (χ1v) is 7.74. The van der Waals surface area contributed by atoms with Crippen molar-refractivity contribution in [3.8, 4) is 0 Å². The summed E-state index contributed by atoms with van der Waals surface area (Å²) >= 11 is 1.74. The van der Waals surface area contributed by atoms with Crippen molar-refractivity contribution in [2.45, 2.75) is 6.42 Å². The minimum atomic E-state index is 0.498. The second kappa shape index (κ2) is 6.86. The van der Waals surface area contributed by atoms with Gasteiger partial charge >= 0.3 is 0 Å². The summed E-state index contributed by atoms with van der Waals surface area (Å²) < 4.78 is 0. The van der Waals surface area contributed by atoms with Crippen LogP contribution in [-0.4, -0.2) is 21.5 Å². The number of thiophene rings is 1. The van der Waals surface area contributed by atoms with Crippen LogP contribution < -0.4 is 16.4 Å². The SMILES string of the molecule is Nc1c(NCCc2cccs2)ncnc1Nc1cccnc1. The van der Waals surface area contributed by atoms with Crippen molar-refractivity contribution in [1.82, 2.24) is 15.0 Å². The third-order valence-electron chi connectivity index (χ3n) is 3.05. The Labute approximate surface area is 132 Å². The molecule has 0 saturated heterocycles. The highest BCUT2D eigenvalue weighted by Crippen LogP contribution is 2.25. The van der Waals surface area contributed by atoms with Gasteiger partial charge in [-0.15, -0.1) is 11.3 Å². The summed E-state index contributed by atoms with van der Waals surface area (Å²) in [5.41, 5.74) is 7.45. The molecule has 22 heavy (non-hydrogen) atoms. The number of hydrogen-bond acceptors (Lipinski definition) is 7. The minimum Gasteiger partial charge on any atom is -0.393 e. The number of anilines is 4. The van der Waals surface area contributed by atoms with Crippen molar-refractivity contribution in [2.24, 2.45) is 0 Å². The van der Waals surface area contributed by atoms with Gasteiger partial charge in [0.15, 0.2) is 11.6 Å². The Bertz CT molecular complexity index is 714. The first-order valence-electron chi connectivity index (χ1n) is 6.86. The van der Waals surface area contributed by atoms with E-state index in [4.69, 9.17) is 5.73 Å². The van der Waals surface area contributed by atoms with E-state index in [9.17, 15) is 0 Å². The summed E-state index contributed by atoms with van der Waals surface area (Å²) in [6.45, 7) is 0.772. The summed E-state index contributed by atoms with van der Waals surface area (Å²) in [6.07, 6.45) is 5.85. The molecule has 7 heteroatoms. The van der Waals surface area contributed by atoms with E-state index in [1.54, 1.807) is 23.7 Å². The zero-order valence-corrected chi connectivity index (χ0v) is 12.7. The molecule has 0 unspecified atom stereocenters. The monoisotopic (exact) mass is 312 g/mol. The van der Waals surface area contributed by atoms with Crippen molar-refractivity contribution in [2.75, 3.05) is 22.9 Å². The van der Waals surface area contributed by atoms with Crippen LogP contribution in [0.2, 0.25) is 0 Å². The number of nitrogens with one attached hydrogen (secondary N) is 2. The molecule has 0 spiro atoms. The minimum absolute atomic E-state index is 0.498. The van der Waals surface area contributed by atoms with Crippen molar-refractivity contribution in [3.05, 3.63) is 53.2 Å². The Morgan fingerprint density at radius 2 is 2.05 bits per heavy atom. The third kappa shape index (κ3) is 3.50. The summed E-state index contributed by atoms with van der Waals surface area (Å²) in [6, 6.07) is 7.92. The molecule has 3 heterocycles. The van der Waals surface area contributed by atoms with Crippen LogP contribution in [0.15, 0.2) is 48.4 Å². The molecule has 3 rings (SSSR count). The van der Waals surface area contributed by atoms with E-state index in [2.05, 4.69) is 43.1 Å². The van der Waals surface area contributed by atoms with E-state index in [0.717, 1.165) is 18.7 Å². The number of aromatic nitrogens is 3. The molecule has 0 bridgehead atoms. The molecule has 0 aliphatic rings. The molecule has 0 fully saturated rings. The van der Waals surface area contributed by atoms with Gasteiger partial charge in [-0.05, 0) is 30.0 Å². The van der Waals surface area contributed by atoms with E-state index in [1.165, 1.54) is 11.2 Å². The second-order valence-electron chi connectivity index (χ2n) is 4.61. The van der Waals surface area contributed by atoms with E-state index in [-0.39, 0.29) is 0 Å². The summed E-state index contributed by atoms with van der Waals surface area (Å²) in [5, 5.41) is 8.47. The first-order chi connectivity index (χ1) is 10.8. The molecule has 0 atom stereocenters. The highest BCUT2D eigenvalue weighted by Gasteiger charge is 2.08. The molecule has 4 N–H and O–H groups in total. The molecule has 0 aliphatic heterocycles. The van der Waals surface area contributed by atoms with Crippen LogP contribution in [-0.2, 0) is 6.42 Å². The topological polar surface area (TPSA) is 88.8 Å². The van der Waals surface area contributed by atoms with Crippen molar-refractivity contribution < 1.29 is 0 Å². The molecular formula is C15H16N6S. The van der Waals surface area contributed by atoms with E-state index < -0.39 is 0 Å². The first kappa shape index (κ1) is 14.3. The van der Waals surface area contributed by atoms with Crippen LogP contribution in [0.3, 0.4) is 0 Å². The fraction of sp³-hybridized carbons (Fsp3) is 0.133. The second-order valence-corrected chi connectivity index (χ2v) is 5.64. The highest BCUT2D eigenvalue weighted by molar-refractivity contribution is 7.09. The Balaban J connectivity index is 1.66. The average molecular weight is 312 g/mol. The number of nitrogens with zero attached hydrogens (tertiary/aromatic N) is 3. The molecule has 0 aromatic carbocycles. The maximum Gasteiger partial charge on any atom is 0.159 e. The summed E-state index contributed by atoms with van der Waals surface area (Å²) in [7, 11) is 0. The maximum atomic E-state index is 6.12.